The molecule has 8 N–H and O–H groups in total. The first-order valence-corrected chi connectivity index (χ1v) is 41.7. The maximum absolute atomic E-state index is 14.6. The zero-order valence-corrected chi connectivity index (χ0v) is 79.0. The maximum Gasteiger partial charge on any atom is 0.252 e. The van der Waals surface area contributed by atoms with Crippen molar-refractivity contribution < 1.29 is 23.6 Å². The summed E-state index contributed by atoms with van der Waals surface area (Å²) in [6, 6.07) is 51.4. The van der Waals surface area contributed by atoms with Crippen molar-refractivity contribution in [3.8, 4) is 45.0 Å². The quantitative estimate of drug-likeness (QED) is 0.0263. The average molecular weight is 1830 g/mol. The lowest BCUT2D eigenvalue weighted by Crippen LogP contribution is -2.23. The van der Waals surface area contributed by atoms with Crippen molar-refractivity contribution >= 4 is 144 Å². The van der Waals surface area contributed by atoms with Crippen LogP contribution in [0.3, 0.4) is 0 Å². The van der Waals surface area contributed by atoms with E-state index in [-0.39, 0.29) is 112 Å². The van der Waals surface area contributed by atoms with Crippen LogP contribution < -0.4 is 42.5 Å². The number of carbonyl (C=O) groups is 4. The van der Waals surface area contributed by atoms with Crippen molar-refractivity contribution in [1.82, 2.24) is 101 Å². The Hall–Kier alpha value is -14.2. The molecule has 0 unspecified atom stereocenters. The molecule has 0 aliphatic carbocycles. The zero-order chi connectivity index (χ0) is 89.6. The van der Waals surface area contributed by atoms with Gasteiger partial charge >= 0.3 is 0 Å². The van der Waals surface area contributed by atoms with Gasteiger partial charge < -0.3 is 42.5 Å². The number of pyridine rings is 8. The van der Waals surface area contributed by atoms with E-state index < -0.39 is 5.82 Å². The van der Waals surface area contributed by atoms with E-state index in [0.717, 1.165) is 146 Å². The number of hydrogen-bond acceptors (Lipinski definition) is 24. The van der Waals surface area contributed by atoms with Crippen LogP contribution in [0.5, 0.6) is 0 Å². The molecule has 33 heteroatoms. The van der Waals surface area contributed by atoms with Crippen LogP contribution in [0.25, 0.3) is 88.6 Å². The van der Waals surface area contributed by atoms with E-state index in [0.29, 0.717) is 60.7 Å². The predicted octanol–water partition coefficient (Wildman–Crippen LogP) is 17.2. The van der Waals surface area contributed by atoms with E-state index in [1.807, 2.05) is 182 Å². The summed E-state index contributed by atoms with van der Waals surface area (Å²) in [7, 11) is 4.79. The van der Waals surface area contributed by atoms with Crippen LogP contribution in [0.1, 0.15) is 150 Å². The normalized spacial score (nSPS) is 11.5. The lowest BCUT2D eigenvalue weighted by atomic mass is 9.95. The number of amides is 4. The maximum atomic E-state index is 14.6. The first-order chi connectivity index (χ1) is 61.6. The lowest BCUT2D eigenvalue weighted by Gasteiger charge is -2.17. The largest absolute Gasteiger partial charge is 0.369 e. The molecule has 0 aliphatic heterocycles. The Balaban J connectivity index is 0.000000195. The summed E-state index contributed by atoms with van der Waals surface area (Å²) < 4.78 is 14.6. The smallest absolute Gasteiger partial charge is 0.252 e. The van der Waals surface area contributed by atoms with Gasteiger partial charge in [-0.05, 0) is 143 Å². The molecule has 131 heavy (non-hydrogen) atoms. The lowest BCUT2D eigenvalue weighted by molar-refractivity contribution is 0.0950. The number of nitrogens with one attached hydrogen (secondary N) is 8. The van der Waals surface area contributed by atoms with Crippen molar-refractivity contribution in [1.29, 1.82) is 0 Å². The van der Waals surface area contributed by atoms with Gasteiger partial charge in [-0.3, -0.25) is 59.0 Å². The summed E-state index contributed by atoms with van der Waals surface area (Å²) in [5.74, 6) is 2.21. The predicted molar refractivity (Wildman–Crippen MR) is 539 cm³/mol. The Morgan fingerprint density at radius 3 is 0.977 bits per heavy atom. The van der Waals surface area contributed by atoms with Gasteiger partial charge in [-0.2, -0.15) is 54.0 Å². The van der Waals surface area contributed by atoms with Gasteiger partial charge in [0.1, 0.15) is 54.4 Å². The molecule has 0 spiro atoms. The molecule has 4 amide bonds. The number of carbonyl (C=O) groups excluding carboxylic acids is 4. The Morgan fingerprint density at radius 2 is 0.634 bits per heavy atom. The van der Waals surface area contributed by atoms with Crippen molar-refractivity contribution in [2.45, 2.75) is 92.9 Å². The SMILES string of the molecule is CCNC(=O)c1ccnc2c([C@H](C)CNc3cc(-c4ccc(C)nc4)ncn3)cccc12.CNC(=O)c1cc(C)nc2c([C@H](C)CNc3cc(-c4ccc(C)nc4)ncn3)cccc12.CNC(=O)c1ccnc2c([C@H](C)CNc3cc(-c4ccc(C)nc4)ncn3)ccc(F)c12.CNC(=O)c1ccnc2c([C@H](C)CNc3cc(-c4ccc(C)nc4)ncn3)cccc12.S.S.S.S. The highest BCUT2D eigenvalue weighted by Crippen LogP contribution is 2.34. The number of aromatic nitrogens is 16. The monoisotopic (exact) mass is 1830 g/mol. The summed E-state index contributed by atoms with van der Waals surface area (Å²) in [6.45, 7) is 23.1. The first kappa shape index (κ1) is 101. The van der Waals surface area contributed by atoms with Crippen molar-refractivity contribution in [3.63, 3.8) is 0 Å². The molecule has 0 bridgehead atoms. The topological polar surface area (TPSA) is 371 Å². The Bertz CT molecular complexity index is 6500. The Morgan fingerprint density at radius 1 is 0.321 bits per heavy atom. The van der Waals surface area contributed by atoms with Crippen LogP contribution in [-0.4, -0.2) is 157 Å². The minimum absolute atomic E-state index is 0. The van der Waals surface area contributed by atoms with Crippen LogP contribution in [0.15, 0.2) is 232 Å². The van der Waals surface area contributed by atoms with E-state index in [9.17, 15) is 23.6 Å². The van der Waals surface area contributed by atoms with E-state index in [1.165, 1.54) is 31.7 Å². The number of fused-ring (bicyclic) bond motifs is 4. The summed E-state index contributed by atoms with van der Waals surface area (Å²) in [4.78, 5) is 120. The minimum atomic E-state index is -0.470. The van der Waals surface area contributed by atoms with Crippen LogP contribution in [-0.2, 0) is 0 Å². The molecule has 16 aromatic rings. The molecule has 16 rings (SSSR count). The van der Waals surface area contributed by atoms with E-state index >= 15 is 0 Å². The van der Waals surface area contributed by atoms with Gasteiger partial charge in [0.25, 0.3) is 23.6 Å². The van der Waals surface area contributed by atoms with Gasteiger partial charge in [-0.25, -0.2) is 44.3 Å². The standard InChI is InChI=1S/2C25H26N6O.C24H23FN6O.C24H24N6O.4H2S/c1-15(12-28-23-11-22(29-14-30-23)18-9-8-16(2)27-13-18)19-6-5-7-20-21(25(32)26-4)10-17(3)31-24(19)20;1-4-26-25(32)21-10-11-27-24-19(6-5-7-20(21)24)16(2)13-29-23-12-22(30-15-31-23)18-9-8-17(3)28-14-18;1-14(11-29-21-10-20(30-13-31-21)16-5-4-15(2)28-12-16)17-6-7-19(25)22-18(24(32)26-3)8-9-27-23(17)22;1-15(18-5-4-6-19-20(24(31)25-3)9-10-26-23(18)19)12-28-22-11-21(29-14-30-22)17-8-7-16(2)27-13-17;;;;/h5-11,13-15H,12H2,1-4H3,(H,26,32)(H,28,29,30);5-12,14-16H,4,13H2,1-3H3,(H,26,32)(H,29,30,31);4-10,12-14H,11H2,1-3H3,(H,26,32)(H,29,30,31);4-11,13-15H,12H2,1-3H3,(H,25,31)(H,28,29,30);4*1H2/t15-;16-;14-;15-;;;;/m1111..../s1. The van der Waals surface area contributed by atoms with Gasteiger partial charge in [-0.1, -0.05) is 88.4 Å². The summed E-state index contributed by atoms with van der Waals surface area (Å²) in [6.07, 6.45) is 18.3. The van der Waals surface area contributed by atoms with Crippen LogP contribution in [0.4, 0.5) is 27.7 Å². The second kappa shape index (κ2) is 47.8. The summed E-state index contributed by atoms with van der Waals surface area (Å²) in [5, 5.41) is 27.2. The summed E-state index contributed by atoms with van der Waals surface area (Å²) in [5.41, 5.74) is 20.9. The number of hydrogen-bond donors (Lipinski definition) is 8. The second-order valence-electron chi connectivity index (χ2n) is 30.6. The van der Waals surface area contributed by atoms with Gasteiger partial charge in [0, 0.05) is 217 Å². The number of anilines is 4. The first-order valence-electron chi connectivity index (χ1n) is 41.7. The fourth-order valence-electron chi connectivity index (χ4n) is 14.5. The fraction of sp³-hybridized carbons (Fsp3) is 0.224. The van der Waals surface area contributed by atoms with Gasteiger partial charge in [0.15, 0.2) is 0 Å². The molecule has 0 aliphatic rings. The third-order valence-electron chi connectivity index (χ3n) is 21.5. The molecule has 0 fully saturated rings. The molecule has 12 aromatic heterocycles. The third kappa shape index (κ3) is 25.3. The number of benzene rings is 4. The number of nitrogens with zero attached hydrogens (tertiary/aromatic N) is 16. The highest BCUT2D eigenvalue weighted by molar-refractivity contribution is 7.59. The van der Waals surface area contributed by atoms with Gasteiger partial charge in [0.2, 0.25) is 0 Å². The Labute approximate surface area is 788 Å². The average Bonchev–Trinajstić information content (AvgIpc) is 0.788. The highest BCUT2D eigenvalue weighted by Gasteiger charge is 2.23. The fourth-order valence-corrected chi connectivity index (χ4v) is 14.5. The molecule has 0 saturated carbocycles. The molecule has 28 nitrogen and oxygen atoms in total. The molecule has 0 saturated heterocycles. The zero-order valence-electron chi connectivity index (χ0n) is 75.0. The van der Waals surface area contributed by atoms with Crippen molar-refractivity contribution in [2.24, 2.45) is 0 Å². The van der Waals surface area contributed by atoms with Gasteiger partial charge in [0.05, 0.1) is 67.1 Å². The van der Waals surface area contributed by atoms with Gasteiger partial charge in [-0.15, -0.1) is 0 Å². The minimum Gasteiger partial charge on any atom is -0.369 e. The molecule has 0 radical (unpaired) electrons. The van der Waals surface area contributed by atoms with E-state index in [4.69, 9.17) is 4.98 Å². The number of halogens is 1. The second-order valence-corrected chi connectivity index (χ2v) is 30.6. The number of rotatable bonds is 25. The van der Waals surface area contributed by atoms with E-state index in [2.05, 4.69) is 156 Å². The molecular formula is C98H107FN24O4S4. The molecule has 674 valence electrons. The van der Waals surface area contributed by atoms with Crippen LogP contribution >= 0.6 is 54.0 Å². The van der Waals surface area contributed by atoms with Crippen LogP contribution in [0, 0.1) is 40.4 Å². The van der Waals surface area contributed by atoms with E-state index in [1.54, 1.807) is 69.9 Å². The third-order valence-corrected chi connectivity index (χ3v) is 21.5. The highest BCUT2D eigenvalue weighted by atomic mass is 32.1. The molecule has 4 aromatic carbocycles. The Kier molecular flexibility index (Phi) is 36.7. The molecule has 12 heterocycles. The number of para-hydroxylation sites is 3. The van der Waals surface area contributed by atoms with Crippen molar-refractivity contribution in [2.75, 3.05) is 75.1 Å². The molecule has 4 atom stereocenters. The molecular weight excluding hydrogens is 1720 g/mol. The number of aryl methyl sites for hydroxylation is 5. The summed E-state index contributed by atoms with van der Waals surface area (Å²) >= 11 is 0. The van der Waals surface area contributed by atoms with Crippen LogP contribution in [0.2, 0.25) is 0 Å². The van der Waals surface area contributed by atoms with Crippen molar-refractivity contribution in [3.05, 3.63) is 311 Å².